The molecule has 0 aliphatic carbocycles. The van der Waals surface area contributed by atoms with Crippen molar-refractivity contribution in [1.82, 2.24) is 10.2 Å². The third-order valence-corrected chi connectivity index (χ3v) is 8.79. The molecule has 7 nitrogen and oxygen atoms in total. The first-order valence-electron chi connectivity index (χ1n) is 12.5. The van der Waals surface area contributed by atoms with E-state index in [2.05, 4.69) is 22.3 Å². The van der Waals surface area contributed by atoms with E-state index in [9.17, 15) is 13.2 Å². The number of anilines is 1. The topological polar surface area (TPSA) is 79.0 Å². The Morgan fingerprint density at radius 1 is 0.946 bits per heavy atom. The molecule has 0 aromatic heterocycles. The number of carbonyl (C=O) groups is 1. The van der Waals surface area contributed by atoms with Gasteiger partial charge in [0.25, 0.3) is 15.9 Å². The Morgan fingerprint density at radius 2 is 1.68 bits per heavy atom. The quantitative estimate of drug-likeness (QED) is 0.475. The lowest BCUT2D eigenvalue weighted by molar-refractivity contribution is -0.127. The summed E-state index contributed by atoms with van der Waals surface area (Å²) in [5.41, 5.74) is 2.60. The molecule has 1 N–H and O–H groups in total. The molecular formula is C28H30ClN3O4S. The number of hydrogen-bond acceptors (Lipinski definition) is 5. The fourth-order valence-electron chi connectivity index (χ4n) is 4.82. The van der Waals surface area contributed by atoms with Gasteiger partial charge < -0.3 is 10.1 Å². The Labute approximate surface area is 223 Å². The summed E-state index contributed by atoms with van der Waals surface area (Å²) in [7, 11) is -3.94. The highest BCUT2D eigenvalue weighted by Crippen LogP contribution is 2.37. The van der Waals surface area contributed by atoms with Crippen molar-refractivity contribution < 1.29 is 17.9 Å². The lowest BCUT2D eigenvalue weighted by Gasteiger charge is -2.34. The Hall–Kier alpha value is -3.07. The highest BCUT2D eigenvalue weighted by molar-refractivity contribution is 7.92. The largest absolute Gasteiger partial charge is 0.476 e. The summed E-state index contributed by atoms with van der Waals surface area (Å²) in [6.07, 6.45) is 2.79. The van der Waals surface area contributed by atoms with E-state index < -0.39 is 16.1 Å². The molecule has 0 radical (unpaired) electrons. The van der Waals surface area contributed by atoms with Gasteiger partial charge in [0.1, 0.15) is 5.75 Å². The molecule has 1 amide bonds. The average Bonchev–Trinajstić information content (AvgIpc) is 2.92. The van der Waals surface area contributed by atoms with Crippen LogP contribution >= 0.6 is 11.6 Å². The number of sulfonamides is 1. The van der Waals surface area contributed by atoms with Crippen molar-refractivity contribution in [3.05, 3.63) is 88.9 Å². The zero-order chi connectivity index (χ0) is 25.8. The molecular weight excluding hydrogens is 510 g/mol. The number of nitrogens with one attached hydrogen (secondary N) is 1. The predicted octanol–water partition coefficient (Wildman–Crippen LogP) is 4.60. The van der Waals surface area contributed by atoms with Gasteiger partial charge in [0.2, 0.25) is 0 Å². The maximum atomic E-state index is 13.5. The minimum absolute atomic E-state index is 0.0956. The van der Waals surface area contributed by atoms with Crippen LogP contribution in [-0.2, 0) is 27.9 Å². The monoisotopic (exact) mass is 539 g/mol. The minimum atomic E-state index is -3.94. The van der Waals surface area contributed by atoms with Crippen LogP contribution in [0.2, 0.25) is 5.02 Å². The van der Waals surface area contributed by atoms with Gasteiger partial charge in [0, 0.05) is 18.1 Å². The molecule has 37 heavy (non-hydrogen) atoms. The van der Waals surface area contributed by atoms with Crippen molar-refractivity contribution in [3.63, 3.8) is 0 Å². The number of ether oxygens (including phenoxy) is 1. The standard InChI is InChI=1S/C28H30ClN3O4S/c29-23-11-13-24(14-12-23)37(34,35)32-20-27(36-26-10-3-2-9-25(26)32)28(33)30-18-21-7-6-8-22(17-21)19-31-15-4-1-5-16-31/h2-3,6-14,17,27H,1,4-5,15-16,18-20H2,(H,30,33)/t27-/m0/s1. The molecule has 1 atom stereocenters. The van der Waals surface area contributed by atoms with Gasteiger partial charge in [0.05, 0.1) is 17.1 Å². The first-order valence-corrected chi connectivity index (χ1v) is 14.3. The predicted molar refractivity (Wildman–Crippen MR) is 144 cm³/mol. The number of halogens is 1. The molecule has 2 aliphatic rings. The van der Waals surface area contributed by atoms with Gasteiger partial charge in [-0.15, -0.1) is 0 Å². The minimum Gasteiger partial charge on any atom is -0.476 e. The average molecular weight is 540 g/mol. The molecule has 0 spiro atoms. The third-order valence-electron chi connectivity index (χ3n) is 6.74. The Kier molecular flexibility index (Phi) is 7.69. The van der Waals surface area contributed by atoms with Crippen LogP contribution in [0.25, 0.3) is 0 Å². The second-order valence-corrected chi connectivity index (χ2v) is 11.7. The fraction of sp³-hybridized carbons (Fsp3) is 0.321. The SMILES string of the molecule is O=C(NCc1cccc(CN2CCCCC2)c1)[C@@H]1CN(S(=O)(=O)c2ccc(Cl)cc2)c2ccccc2O1. The van der Waals surface area contributed by atoms with Crippen LogP contribution in [0, 0.1) is 0 Å². The van der Waals surface area contributed by atoms with E-state index in [-0.39, 0.29) is 17.3 Å². The number of rotatable bonds is 7. The Morgan fingerprint density at radius 3 is 2.46 bits per heavy atom. The molecule has 2 heterocycles. The summed E-state index contributed by atoms with van der Waals surface area (Å²) in [4.78, 5) is 15.7. The van der Waals surface area contributed by atoms with Crippen molar-refractivity contribution in [2.75, 3.05) is 23.9 Å². The Balaban J connectivity index is 1.29. The van der Waals surface area contributed by atoms with Gasteiger partial charge in [0.15, 0.2) is 6.10 Å². The van der Waals surface area contributed by atoms with Crippen molar-refractivity contribution in [2.45, 2.75) is 43.4 Å². The highest BCUT2D eigenvalue weighted by Gasteiger charge is 2.37. The normalized spacial score (nSPS) is 18.1. The van der Waals surface area contributed by atoms with Crippen molar-refractivity contribution in [1.29, 1.82) is 0 Å². The summed E-state index contributed by atoms with van der Waals surface area (Å²) in [6, 6.07) is 21.0. The van der Waals surface area contributed by atoms with Crippen LogP contribution in [0.1, 0.15) is 30.4 Å². The summed E-state index contributed by atoms with van der Waals surface area (Å²) >= 11 is 5.95. The van der Waals surface area contributed by atoms with Crippen LogP contribution in [0.4, 0.5) is 5.69 Å². The lowest BCUT2D eigenvalue weighted by Crippen LogP contribution is -2.50. The van der Waals surface area contributed by atoms with Crippen molar-refractivity contribution >= 4 is 33.2 Å². The number of benzene rings is 3. The van der Waals surface area contributed by atoms with Crippen LogP contribution in [-0.4, -0.2) is 45.0 Å². The number of piperidine rings is 1. The van der Waals surface area contributed by atoms with Crippen molar-refractivity contribution in [3.8, 4) is 5.75 Å². The van der Waals surface area contributed by atoms with Crippen LogP contribution < -0.4 is 14.4 Å². The third kappa shape index (κ3) is 5.92. The molecule has 3 aromatic rings. The van der Waals surface area contributed by atoms with Gasteiger partial charge in [-0.2, -0.15) is 0 Å². The molecule has 1 fully saturated rings. The summed E-state index contributed by atoms with van der Waals surface area (Å²) in [5.74, 6) is -0.0257. The lowest BCUT2D eigenvalue weighted by atomic mass is 10.1. The summed E-state index contributed by atoms with van der Waals surface area (Å²) in [5, 5.41) is 3.38. The molecule has 1 saturated heterocycles. The zero-order valence-electron chi connectivity index (χ0n) is 20.5. The molecule has 9 heteroatoms. The van der Waals surface area contributed by atoms with Gasteiger partial charge in [-0.25, -0.2) is 8.42 Å². The molecule has 194 valence electrons. The van der Waals surface area contributed by atoms with Gasteiger partial charge in [-0.1, -0.05) is 54.4 Å². The van der Waals surface area contributed by atoms with Gasteiger partial charge >= 0.3 is 0 Å². The number of likely N-dealkylation sites (tertiary alicyclic amines) is 1. The highest BCUT2D eigenvalue weighted by atomic mass is 35.5. The van der Waals surface area contributed by atoms with E-state index >= 15 is 0 Å². The second kappa shape index (κ2) is 11.1. The van der Waals surface area contributed by atoms with E-state index in [1.54, 1.807) is 24.3 Å². The first kappa shape index (κ1) is 25.6. The second-order valence-electron chi connectivity index (χ2n) is 9.44. The van der Waals surface area contributed by atoms with Crippen LogP contribution in [0.15, 0.2) is 77.7 Å². The zero-order valence-corrected chi connectivity index (χ0v) is 22.0. The Bertz CT molecular complexity index is 1360. The van der Waals surface area contributed by atoms with E-state index in [4.69, 9.17) is 16.3 Å². The number of nitrogens with zero attached hydrogens (tertiary/aromatic N) is 2. The van der Waals surface area contributed by atoms with E-state index in [1.165, 1.54) is 53.4 Å². The number of carbonyl (C=O) groups excluding carboxylic acids is 1. The van der Waals surface area contributed by atoms with Crippen LogP contribution in [0.3, 0.4) is 0 Å². The fourth-order valence-corrected chi connectivity index (χ4v) is 6.42. The smallest absolute Gasteiger partial charge is 0.264 e. The molecule has 3 aromatic carbocycles. The number of hydrogen-bond donors (Lipinski definition) is 1. The summed E-state index contributed by atoms with van der Waals surface area (Å²) in [6.45, 7) is 3.34. The molecule has 0 bridgehead atoms. The molecule has 5 rings (SSSR count). The van der Waals surface area contributed by atoms with Crippen molar-refractivity contribution in [2.24, 2.45) is 0 Å². The first-order chi connectivity index (χ1) is 17.9. The number of amides is 1. The maximum Gasteiger partial charge on any atom is 0.264 e. The van der Waals surface area contributed by atoms with E-state index in [0.29, 0.717) is 23.0 Å². The summed E-state index contributed by atoms with van der Waals surface area (Å²) < 4.78 is 34.2. The van der Waals surface area contributed by atoms with Gasteiger partial charge in [-0.3, -0.25) is 14.0 Å². The number of para-hydroxylation sites is 2. The van der Waals surface area contributed by atoms with Gasteiger partial charge in [-0.05, 0) is 73.5 Å². The van der Waals surface area contributed by atoms with E-state index in [1.807, 2.05) is 12.1 Å². The van der Waals surface area contributed by atoms with E-state index in [0.717, 1.165) is 25.2 Å². The number of fused-ring (bicyclic) bond motifs is 1. The maximum absolute atomic E-state index is 13.5. The van der Waals surface area contributed by atoms with Crippen LogP contribution in [0.5, 0.6) is 5.75 Å². The molecule has 0 saturated carbocycles. The molecule has 2 aliphatic heterocycles. The molecule has 0 unspecified atom stereocenters.